The maximum Gasteiger partial charge on any atom is 0.183 e. The first-order valence-corrected chi connectivity index (χ1v) is 12.7. The van der Waals surface area contributed by atoms with E-state index < -0.39 is 5.41 Å². The normalized spacial score (nSPS) is 21.7. The number of aryl methyl sites for hydroxylation is 1. The fourth-order valence-electron chi connectivity index (χ4n) is 5.54. The summed E-state index contributed by atoms with van der Waals surface area (Å²) >= 11 is 0. The molecule has 3 aliphatic rings. The molecule has 3 aromatic heterocycles. The van der Waals surface area contributed by atoms with Crippen LogP contribution in [0.3, 0.4) is 0 Å². The Hall–Kier alpha value is -3.65. The molecular weight excluding hydrogens is 458 g/mol. The Labute approximate surface area is 209 Å². The smallest absolute Gasteiger partial charge is 0.183 e. The van der Waals surface area contributed by atoms with E-state index in [0.717, 1.165) is 67.2 Å². The van der Waals surface area contributed by atoms with Crippen molar-refractivity contribution in [2.75, 3.05) is 42.6 Å². The van der Waals surface area contributed by atoms with E-state index >= 15 is 0 Å². The largest absolute Gasteiger partial charge is 0.356 e. The summed E-state index contributed by atoms with van der Waals surface area (Å²) < 4.78 is 8.02. The highest BCUT2D eigenvalue weighted by Gasteiger charge is 2.36. The van der Waals surface area contributed by atoms with Gasteiger partial charge in [0.1, 0.15) is 5.82 Å². The lowest BCUT2D eigenvalue weighted by Gasteiger charge is -2.36. The number of piperidine rings is 1. The van der Waals surface area contributed by atoms with Gasteiger partial charge >= 0.3 is 0 Å². The molecule has 2 saturated heterocycles. The zero-order valence-electron chi connectivity index (χ0n) is 20.2. The highest BCUT2D eigenvalue weighted by atomic mass is 16.5. The molecule has 6 rings (SSSR count). The highest BCUT2D eigenvalue weighted by Crippen LogP contribution is 2.38. The molecule has 1 unspecified atom stereocenters. The number of aromatic nitrogens is 5. The Morgan fingerprint density at radius 1 is 1.19 bits per heavy atom. The highest BCUT2D eigenvalue weighted by molar-refractivity contribution is 5.88. The number of ether oxygens (including phenoxy) is 1. The fraction of sp³-hybridized carbons (Fsp3) is 0.560. The first-order chi connectivity index (χ1) is 17.7. The van der Waals surface area contributed by atoms with Crippen molar-refractivity contribution in [3.05, 3.63) is 35.1 Å². The average molecular weight is 488 g/mol. The van der Waals surface area contributed by atoms with Gasteiger partial charge in [-0.2, -0.15) is 10.2 Å². The van der Waals surface area contributed by atoms with Crippen molar-refractivity contribution in [2.24, 2.45) is 10.6 Å². The molecule has 0 aliphatic carbocycles. The van der Waals surface area contributed by atoms with Crippen LogP contribution in [0.5, 0.6) is 0 Å². The first-order valence-electron chi connectivity index (χ1n) is 12.7. The summed E-state index contributed by atoms with van der Waals surface area (Å²) in [7, 11) is 0. The predicted molar refractivity (Wildman–Crippen MR) is 134 cm³/mol. The quantitative estimate of drug-likeness (QED) is 0.493. The van der Waals surface area contributed by atoms with Crippen LogP contribution < -0.4 is 9.80 Å². The summed E-state index contributed by atoms with van der Waals surface area (Å²) in [6.07, 6.45) is 9.56. The van der Waals surface area contributed by atoms with Crippen molar-refractivity contribution < 1.29 is 4.74 Å². The Balaban J connectivity index is 1.38. The molecule has 11 heteroatoms. The lowest BCUT2D eigenvalue weighted by molar-refractivity contribution is -0.0368. The number of fused-ring (bicyclic) bond motifs is 2. The molecule has 0 amide bonds. The van der Waals surface area contributed by atoms with Crippen LogP contribution >= 0.6 is 0 Å². The molecule has 36 heavy (non-hydrogen) atoms. The molecule has 3 aliphatic heterocycles. The average Bonchev–Trinajstić information content (AvgIpc) is 3.32. The second kappa shape index (κ2) is 9.43. The van der Waals surface area contributed by atoms with Gasteiger partial charge in [-0.15, -0.1) is 5.10 Å². The molecule has 0 saturated carbocycles. The van der Waals surface area contributed by atoms with Gasteiger partial charge in [0.15, 0.2) is 23.2 Å². The van der Waals surface area contributed by atoms with E-state index in [1.165, 1.54) is 0 Å². The first kappa shape index (κ1) is 22.8. The summed E-state index contributed by atoms with van der Waals surface area (Å²) in [5.41, 5.74) is 2.91. The molecule has 0 bridgehead atoms. The monoisotopic (exact) mass is 487 g/mol. The number of nitrogens with zero attached hydrogens (tertiary/aromatic N) is 9. The lowest BCUT2D eigenvalue weighted by atomic mass is 9.80. The number of hydrogen-bond donors (Lipinski definition) is 0. The topological polar surface area (TPSA) is 125 Å². The summed E-state index contributed by atoms with van der Waals surface area (Å²) in [5, 5.41) is 17.7. The molecule has 11 nitrogen and oxygen atoms in total. The molecule has 0 radical (unpaired) electrons. The molecule has 0 N–H and O–H groups in total. The van der Waals surface area contributed by atoms with E-state index in [1.54, 1.807) is 6.20 Å². The summed E-state index contributed by atoms with van der Waals surface area (Å²) in [6, 6.07) is 6.37. The second-order valence-electron chi connectivity index (χ2n) is 9.88. The van der Waals surface area contributed by atoms with Gasteiger partial charge in [-0.1, -0.05) is 5.18 Å². The van der Waals surface area contributed by atoms with E-state index in [2.05, 4.69) is 32.1 Å². The van der Waals surface area contributed by atoms with Crippen LogP contribution in [0, 0.1) is 21.7 Å². The van der Waals surface area contributed by atoms with Gasteiger partial charge in [0.25, 0.3) is 0 Å². The predicted octanol–water partition coefficient (Wildman–Crippen LogP) is 3.88. The van der Waals surface area contributed by atoms with E-state index in [-0.39, 0.29) is 12.8 Å². The number of pyridine rings is 1. The zero-order valence-corrected chi connectivity index (χ0v) is 20.2. The third-order valence-electron chi connectivity index (χ3n) is 7.66. The number of nitriles is 1. The van der Waals surface area contributed by atoms with Gasteiger partial charge in [0, 0.05) is 32.4 Å². The minimum atomic E-state index is -0.684. The molecule has 1 atom stereocenters. The van der Waals surface area contributed by atoms with Gasteiger partial charge in [0.05, 0.1) is 35.6 Å². The third-order valence-corrected chi connectivity index (χ3v) is 7.66. The van der Waals surface area contributed by atoms with Crippen molar-refractivity contribution >= 4 is 28.5 Å². The van der Waals surface area contributed by atoms with Gasteiger partial charge in [-0.25, -0.2) is 14.6 Å². The minimum Gasteiger partial charge on any atom is -0.356 e. The maximum absolute atomic E-state index is 10.9. The lowest BCUT2D eigenvalue weighted by Crippen LogP contribution is -2.41. The molecule has 6 heterocycles. The minimum absolute atomic E-state index is 0.0311. The van der Waals surface area contributed by atoms with Crippen LogP contribution in [0.15, 0.2) is 29.7 Å². The fourth-order valence-corrected chi connectivity index (χ4v) is 5.54. The van der Waals surface area contributed by atoms with Gasteiger partial charge < -0.3 is 14.5 Å². The van der Waals surface area contributed by atoms with E-state index in [9.17, 15) is 10.2 Å². The summed E-state index contributed by atoms with van der Waals surface area (Å²) in [6.45, 7) is 2.82. The number of nitroso groups, excluding NO2 is 1. The standard InChI is InChI=1S/C25H29N9O2/c26-16-25(17-29-35)8-12-32(13-9-25)20-15-28-22-23(30-20)34(21-7-1-2-14-36-21)31-24(22)33-11-4-5-18-19(33)6-3-10-27-18/h3,6,10,15,21H,1-2,4-5,7-9,11-14,17H2. The second-order valence-corrected chi connectivity index (χ2v) is 9.88. The molecule has 0 spiro atoms. The van der Waals surface area contributed by atoms with Crippen molar-refractivity contribution in [3.63, 3.8) is 0 Å². The Kier molecular flexibility index (Phi) is 5.97. The van der Waals surface area contributed by atoms with Crippen LogP contribution in [0.25, 0.3) is 11.2 Å². The van der Waals surface area contributed by atoms with Crippen LogP contribution in [0.1, 0.15) is 50.4 Å². The third kappa shape index (κ3) is 3.95. The van der Waals surface area contributed by atoms with Crippen LogP contribution in [0.2, 0.25) is 0 Å². The van der Waals surface area contributed by atoms with E-state index in [0.29, 0.717) is 38.2 Å². The molecule has 186 valence electrons. The zero-order chi connectivity index (χ0) is 24.5. The number of anilines is 3. The number of hydrogen-bond acceptors (Lipinski definition) is 10. The Morgan fingerprint density at radius 2 is 2.08 bits per heavy atom. The van der Waals surface area contributed by atoms with Gasteiger partial charge in [-0.05, 0) is 57.1 Å². The van der Waals surface area contributed by atoms with Crippen LogP contribution in [0.4, 0.5) is 17.3 Å². The Morgan fingerprint density at radius 3 is 2.86 bits per heavy atom. The van der Waals surface area contributed by atoms with E-state index in [4.69, 9.17) is 19.8 Å². The number of rotatable bonds is 5. The van der Waals surface area contributed by atoms with Crippen molar-refractivity contribution in [1.29, 1.82) is 5.26 Å². The maximum atomic E-state index is 10.9. The van der Waals surface area contributed by atoms with Crippen molar-refractivity contribution in [2.45, 2.75) is 51.2 Å². The molecular formula is C25H29N9O2. The van der Waals surface area contributed by atoms with E-state index in [1.807, 2.05) is 16.9 Å². The van der Waals surface area contributed by atoms with Crippen LogP contribution in [-0.2, 0) is 11.2 Å². The SMILES string of the molecule is N#CC1(CN=O)CCN(c2cnc3c(N4CCCc5ncccc54)nn(C4CCCCO4)c3n2)CC1. The Bertz CT molecular complexity index is 1300. The van der Waals surface area contributed by atoms with Gasteiger partial charge in [0.2, 0.25) is 0 Å². The summed E-state index contributed by atoms with van der Waals surface area (Å²) in [5.74, 6) is 1.53. The van der Waals surface area contributed by atoms with Crippen LogP contribution in [-0.4, -0.2) is 57.5 Å². The molecule has 2 fully saturated rings. The van der Waals surface area contributed by atoms with Crippen molar-refractivity contribution in [3.8, 4) is 6.07 Å². The van der Waals surface area contributed by atoms with Crippen molar-refractivity contribution in [1.82, 2.24) is 24.7 Å². The molecule has 3 aromatic rings. The summed E-state index contributed by atoms with van der Waals surface area (Å²) in [4.78, 5) is 29.7. The van der Waals surface area contributed by atoms with Gasteiger partial charge in [-0.3, -0.25) is 4.98 Å². The molecule has 0 aromatic carbocycles.